The molecule has 0 unspecified atom stereocenters. The minimum Gasteiger partial charge on any atom is -0.258 e. The molecular weight excluding hydrogens is 426 g/mol. The zero-order valence-electron chi connectivity index (χ0n) is 13.0. The van der Waals surface area contributed by atoms with E-state index in [-0.39, 0.29) is 10.6 Å². The van der Waals surface area contributed by atoms with Crippen LogP contribution in [0.4, 0.5) is 5.69 Å². The minimum atomic E-state index is -3.24. The Bertz CT molecular complexity index is 1040. The van der Waals surface area contributed by atoms with Gasteiger partial charge in [-0.15, -0.1) is 11.3 Å². The molecule has 0 bridgehead atoms. The zero-order valence-corrected chi connectivity index (χ0v) is 16.2. The van der Waals surface area contributed by atoms with E-state index in [1.807, 2.05) is 6.07 Å². The highest BCUT2D eigenvalue weighted by atomic mass is 79.9. The molecular formula is C17H12BrNO4S2. The number of rotatable bonds is 4. The van der Waals surface area contributed by atoms with Gasteiger partial charge in [0.05, 0.1) is 13.6 Å². The molecule has 0 atom stereocenters. The Morgan fingerprint density at radius 2 is 1.56 bits per heavy atom. The Morgan fingerprint density at radius 1 is 1.00 bits per heavy atom. The van der Waals surface area contributed by atoms with Gasteiger partial charge in [0.2, 0.25) is 0 Å². The highest BCUT2D eigenvalue weighted by Crippen LogP contribution is 2.42. The summed E-state index contributed by atoms with van der Waals surface area (Å²) in [7, 11) is -3.24. The quantitative estimate of drug-likeness (QED) is 0.417. The van der Waals surface area contributed by atoms with Crippen molar-refractivity contribution in [2.75, 3.05) is 6.26 Å². The van der Waals surface area contributed by atoms with Crippen LogP contribution in [0.15, 0.2) is 63.3 Å². The van der Waals surface area contributed by atoms with Crippen molar-refractivity contribution in [1.29, 1.82) is 0 Å². The number of hydrogen-bond acceptors (Lipinski definition) is 5. The van der Waals surface area contributed by atoms with Crippen molar-refractivity contribution in [1.82, 2.24) is 0 Å². The summed E-state index contributed by atoms with van der Waals surface area (Å²) in [6, 6.07) is 15.0. The van der Waals surface area contributed by atoms with Crippen LogP contribution in [0.5, 0.6) is 0 Å². The van der Waals surface area contributed by atoms with Crippen molar-refractivity contribution in [2.24, 2.45) is 0 Å². The SMILES string of the molecule is CS(=O)(=O)c1ccc(-c2cc(Br)sc2-c2ccc([N+](=O)[O-])cc2)cc1. The summed E-state index contributed by atoms with van der Waals surface area (Å²) in [5, 5.41) is 10.8. The van der Waals surface area contributed by atoms with Gasteiger partial charge < -0.3 is 0 Å². The number of hydrogen-bond donors (Lipinski definition) is 0. The van der Waals surface area contributed by atoms with Gasteiger partial charge in [0.25, 0.3) is 5.69 Å². The van der Waals surface area contributed by atoms with Gasteiger partial charge in [0.1, 0.15) is 0 Å². The second-order valence-electron chi connectivity index (χ2n) is 5.39. The maximum absolute atomic E-state index is 11.6. The number of halogens is 1. The summed E-state index contributed by atoms with van der Waals surface area (Å²) in [5.74, 6) is 0. The van der Waals surface area contributed by atoms with Crippen molar-refractivity contribution >= 4 is 42.8 Å². The monoisotopic (exact) mass is 437 g/mol. The Kier molecular flexibility index (Phi) is 4.77. The zero-order chi connectivity index (χ0) is 18.2. The fourth-order valence-electron chi connectivity index (χ4n) is 2.41. The summed E-state index contributed by atoms with van der Waals surface area (Å²) in [4.78, 5) is 11.6. The van der Waals surface area contributed by atoms with E-state index in [1.54, 1.807) is 36.4 Å². The molecule has 25 heavy (non-hydrogen) atoms. The maximum atomic E-state index is 11.6. The average Bonchev–Trinajstić information content (AvgIpc) is 2.96. The summed E-state index contributed by atoms with van der Waals surface area (Å²) < 4.78 is 24.1. The lowest BCUT2D eigenvalue weighted by Crippen LogP contribution is -1.96. The molecule has 0 saturated heterocycles. The Morgan fingerprint density at radius 3 is 2.08 bits per heavy atom. The van der Waals surface area contributed by atoms with E-state index in [2.05, 4.69) is 15.9 Å². The number of nitrogens with zero attached hydrogens (tertiary/aromatic N) is 1. The maximum Gasteiger partial charge on any atom is 0.269 e. The summed E-state index contributed by atoms with van der Waals surface area (Å²) in [6.45, 7) is 0. The van der Waals surface area contributed by atoms with Gasteiger partial charge in [-0.3, -0.25) is 10.1 Å². The molecule has 3 aromatic rings. The number of nitro benzene ring substituents is 1. The first-order valence-corrected chi connectivity index (χ1v) is 10.6. The van der Waals surface area contributed by atoms with Gasteiger partial charge in [-0.2, -0.15) is 0 Å². The molecule has 0 saturated carbocycles. The second-order valence-corrected chi connectivity index (χ2v) is 9.84. The number of nitro groups is 1. The lowest BCUT2D eigenvalue weighted by molar-refractivity contribution is -0.384. The van der Waals surface area contributed by atoms with Gasteiger partial charge in [0.15, 0.2) is 9.84 Å². The van der Waals surface area contributed by atoms with E-state index in [0.29, 0.717) is 0 Å². The lowest BCUT2D eigenvalue weighted by Gasteiger charge is -2.06. The first kappa shape index (κ1) is 17.8. The van der Waals surface area contributed by atoms with Gasteiger partial charge in [0, 0.05) is 28.8 Å². The van der Waals surface area contributed by atoms with Crippen LogP contribution in [0.3, 0.4) is 0 Å². The predicted octanol–water partition coefficient (Wildman–Crippen LogP) is 5.16. The van der Waals surface area contributed by atoms with Crippen LogP contribution in [0.1, 0.15) is 0 Å². The van der Waals surface area contributed by atoms with E-state index >= 15 is 0 Å². The molecule has 2 aromatic carbocycles. The molecule has 0 spiro atoms. The standard InChI is InChI=1S/C17H12BrNO4S2/c1-25(22,23)14-8-4-11(5-9-14)15-10-16(18)24-17(15)12-2-6-13(7-3-12)19(20)21/h2-10H,1H3. The normalized spacial score (nSPS) is 11.4. The third-order valence-electron chi connectivity index (χ3n) is 3.64. The number of sulfone groups is 1. The van der Waals surface area contributed by atoms with Crippen LogP contribution in [-0.4, -0.2) is 19.6 Å². The van der Waals surface area contributed by atoms with Crippen LogP contribution >= 0.6 is 27.3 Å². The van der Waals surface area contributed by atoms with Crippen LogP contribution in [0.25, 0.3) is 21.6 Å². The Balaban J connectivity index is 2.05. The molecule has 3 rings (SSSR count). The molecule has 1 heterocycles. The smallest absolute Gasteiger partial charge is 0.258 e. The van der Waals surface area contributed by atoms with Gasteiger partial charge in [-0.05, 0) is 57.4 Å². The van der Waals surface area contributed by atoms with Crippen molar-refractivity contribution in [3.63, 3.8) is 0 Å². The van der Waals surface area contributed by atoms with E-state index in [1.165, 1.54) is 29.7 Å². The molecule has 0 N–H and O–H groups in total. The third-order valence-corrected chi connectivity index (χ3v) is 6.45. The van der Waals surface area contributed by atoms with Gasteiger partial charge in [-0.25, -0.2) is 8.42 Å². The first-order chi connectivity index (χ1) is 11.8. The molecule has 8 heteroatoms. The predicted molar refractivity (Wildman–Crippen MR) is 103 cm³/mol. The van der Waals surface area contributed by atoms with Gasteiger partial charge >= 0.3 is 0 Å². The average molecular weight is 438 g/mol. The molecule has 5 nitrogen and oxygen atoms in total. The fourth-order valence-corrected chi connectivity index (χ4v) is 4.66. The van der Waals surface area contributed by atoms with Crippen LogP contribution in [0.2, 0.25) is 0 Å². The number of non-ortho nitro benzene ring substituents is 1. The lowest BCUT2D eigenvalue weighted by atomic mass is 10.0. The first-order valence-electron chi connectivity index (χ1n) is 7.10. The molecule has 0 radical (unpaired) electrons. The van der Waals surface area contributed by atoms with Crippen LogP contribution in [0, 0.1) is 10.1 Å². The van der Waals surface area contributed by atoms with E-state index in [9.17, 15) is 18.5 Å². The topological polar surface area (TPSA) is 77.3 Å². The van der Waals surface area contributed by atoms with Crippen molar-refractivity contribution < 1.29 is 13.3 Å². The largest absolute Gasteiger partial charge is 0.269 e. The van der Waals surface area contributed by atoms with Gasteiger partial charge in [-0.1, -0.05) is 12.1 Å². The van der Waals surface area contributed by atoms with Crippen molar-refractivity contribution in [3.05, 3.63) is 68.5 Å². The Labute approximate surface area is 157 Å². The van der Waals surface area contributed by atoms with E-state index < -0.39 is 14.8 Å². The van der Waals surface area contributed by atoms with Crippen molar-refractivity contribution in [2.45, 2.75) is 4.90 Å². The summed E-state index contributed by atoms with van der Waals surface area (Å²) in [6.07, 6.45) is 1.17. The van der Waals surface area contributed by atoms with Crippen LogP contribution in [-0.2, 0) is 9.84 Å². The van der Waals surface area contributed by atoms with E-state index in [4.69, 9.17) is 0 Å². The summed E-state index contributed by atoms with van der Waals surface area (Å²) >= 11 is 4.99. The highest BCUT2D eigenvalue weighted by Gasteiger charge is 2.15. The van der Waals surface area contributed by atoms with Crippen LogP contribution < -0.4 is 0 Å². The molecule has 128 valence electrons. The Hall–Kier alpha value is -2.03. The summed E-state index contributed by atoms with van der Waals surface area (Å²) in [5.41, 5.74) is 2.72. The molecule has 0 aliphatic heterocycles. The fraction of sp³-hybridized carbons (Fsp3) is 0.0588. The third kappa shape index (κ3) is 3.81. The molecule has 0 fully saturated rings. The molecule has 0 aliphatic rings. The molecule has 0 amide bonds. The highest BCUT2D eigenvalue weighted by molar-refractivity contribution is 9.11. The number of thiophene rings is 1. The van der Waals surface area contributed by atoms with Crippen molar-refractivity contribution in [3.8, 4) is 21.6 Å². The molecule has 0 aliphatic carbocycles. The minimum absolute atomic E-state index is 0.0402. The van der Waals surface area contributed by atoms with E-state index in [0.717, 1.165) is 25.4 Å². The molecule has 1 aromatic heterocycles. The number of benzene rings is 2. The second kappa shape index (κ2) is 6.70.